The number of hydrogen-bond acceptors (Lipinski definition) is 4. The third-order valence-corrected chi connectivity index (χ3v) is 5.25. The number of rotatable bonds is 3. The van der Waals surface area contributed by atoms with Crippen LogP contribution in [0.1, 0.15) is 36.2 Å². The third-order valence-electron chi connectivity index (χ3n) is 5.25. The summed E-state index contributed by atoms with van der Waals surface area (Å²) in [5, 5.41) is 9.33. The quantitative estimate of drug-likeness (QED) is 0.798. The standard InChI is InChI=1S/C21H22F2N2O3/c1-20(2)12-21(10-15(11-24)18(20)26)13-25(7-8-28-21)19(27)16-6-4-3-5-14(16)9-17(22)23/h3-6,10,17H,7-9,12-13H2,1-2H3. The highest BCUT2D eigenvalue weighted by molar-refractivity contribution is 6.04. The van der Waals surface area contributed by atoms with Gasteiger partial charge in [0, 0.05) is 23.9 Å². The molecule has 0 N–H and O–H groups in total. The lowest BCUT2D eigenvalue weighted by Crippen LogP contribution is -2.57. The van der Waals surface area contributed by atoms with Gasteiger partial charge in [-0.1, -0.05) is 32.0 Å². The molecule has 1 heterocycles. The van der Waals surface area contributed by atoms with E-state index in [0.717, 1.165) is 0 Å². The van der Waals surface area contributed by atoms with Crippen molar-refractivity contribution < 1.29 is 23.1 Å². The number of nitrogens with zero attached hydrogens (tertiary/aromatic N) is 2. The van der Waals surface area contributed by atoms with Crippen LogP contribution in [0.3, 0.4) is 0 Å². The molecule has 3 rings (SSSR count). The second kappa shape index (κ2) is 7.44. The maximum Gasteiger partial charge on any atom is 0.254 e. The van der Waals surface area contributed by atoms with E-state index in [-0.39, 0.29) is 36.0 Å². The number of allylic oxidation sites excluding steroid dienone is 1. The molecule has 1 aliphatic heterocycles. The van der Waals surface area contributed by atoms with Crippen molar-refractivity contribution in [2.45, 2.75) is 38.7 Å². The Labute approximate surface area is 162 Å². The molecule has 1 aromatic rings. The second-order valence-electron chi connectivity index (χ2n) is 7.95. The first kappa shape index (κ1) is 20.2. The van der Waals surface area contributed by atoms with E-state index in [2.05, 4.69) is 0 Å². The molecule has 0 saturated carbocycles. The molecule has 1 saturated heterocycles. The Bertz CT molecular complexity index is 873. The predicted octanol–water partition coefficient (Wildman–Crippen LogP) is 3.15. The average Bonchev–Trinajstić information content (AvgIpc) is 2.64. The highest BCUT2D eigenvalue weighted by Crippen LogP contribution is 2.41. The number of benzene rings is 1. The molecule has 0 radical (unpaired) electrons. The van der Waals surface area contributed by atoms with Crippen LogP contribution in [0.2, 0.25) is 0 Å². The van der Waals surface area contributed by atoms with Crippen LogP contribution in [0.5, 0.6) is 0 Å². The Balaban J connectivity index is 1.90. The van der Waals surface area contributed by atoms with Crippen LogP contribution in [0.15, 0.2) is 35.9 Å². The fourth-order valence-corrected chi connectivity index (χ4v) is 4.07. The van der Waals surface area contributed by atoms with Gasteiger partial charge in [0.1, 0.15) is 11.7 Å². The zero-order valence-corrected chi connectivity index (χ0v) is 15.9. The average molecular weight is 388 g/mol. The largest absolute Gasteiger partial charge is 0.367 e. The summed E-state index contributed by atoms with van der Waals surface area (Å²) in [6.07, 6.45) is -1.18. The Morgan fingerprint density at radius 2 is 2.07 bits per heavy atom. The van der Waals surface area contributed by atoms with Crippen LogP contribution in [0.4, 0.5) is 8.78 Å². The van der Waals surface area contributed by atoms with Crippen molar-refractivity contribution in [1.29, 1.82) is 5.26 Å². The van der Waals surface area contributed by atoms with E-state index in [1.165, 1.54) is 12.1 Å². The maximum absolute atomic E-state index is 13.1. The number of amides is 1. The Morgan fingerprint density at radius 3 is 2.75 bits per heavy atom. The molecule has 7 heteroatoms. The Morgan fingerprint density at radius 1 is 1.36 bits per heavy atom. The van der Waals surface area contributed by atoms with E-state index in [9.17, 15) is 23.6 Å². The van der Waals surface area contributed by atoms with Gasteiger partial charge >= 0.3 is 0 Å². The van der Waals surface area contributed by atoms with Gasteiger partial charge in [-0.05, 0) is 24.1 Å². The first-order valence-corrected chi connectivity index (χ1v) is 9.14. The summed E-state index contributed by atoms with van der Waals surface area (Å²) >= 11 is 0. The molecule has 0 bridgehead atoms. The molecule has 28 heavy (non-hydrogen) atoms. The summed E-state index contributed by atoms with van der Waals surface area (Å²) < 4.78 is 31.7. The minimum atomic E-state index is -2.55. The lowest BCUT2D eigenvalue weighted by molar-refractivity contribution is -0.134. The molecule has 1 spiro atoms. The van der Waals surface area contributed by atoms with Crippen LogP contribution in [-0.4, -0.2) is 48.3 Å². The number of alkyl halides is 2. The van der Waals surface area contributed by atoms with E-state index in [4.69, 9.17) is 4.74 Å². The highest BCUT2D eigenvalue weighted by Gasteiger charge is 2.48. The fraction of sp³-hybridized carbons (Fsp3) is 0.476. The van der Waals surface area contributed by atoms with Gasteiger partial charge in [-0.15, -0.1) is 0 Å². The number of carbonyl (C=O) groups is 2. The molecule has 0 aromatic heterocycles. The summed E-state index contributed by atoms with van der Waals surface area (Å²) in [7, 11) is 0. The topological polar surface area (TPSA) is 70.4 Å². The van der Waals surface area contributed by atoms with Crippen molar-refractivity contribution >= 4 is 11.7 Å². The molecule has 1 amide bonds. The van der Waals surface area contributed by atoms with Crippen molar-refractivity contribution in [3.8, 4) is 6.07 Å². The van der Waals surface area contributed by atoms with Crippen molar-refractivity contribution in [2.75, 3.05) is 19.7 Å². The number of hydrogen-bond donors (Lipinski definition) is 0. The lowest BCUT2D eigenvalue weighted by atomic mass is 9.69. The summed E-state index contributed by atoms with van der Waals surface area (Å²) in [5.41, 5.74) is -1.15. The van der Waals surface area contributed by atoms with Gasteiger partial charge in [-0.3, -0.25) is 9.59 Å². The normalized spacial score (nSPS) is 24.2. The van der Waals surface area contributed by atoms with Crippen molar-refractivity contribution in [3.05, 3.63) is 47.0 Å². The molecule has 1 aliphatic carbocycles. The van der Waals surface area contributed by atoms with Gasteiger partial charge in [0.25, 0.3) is 5.91 Å². The van der Waals surface area contributed by atoms with Gasteiger partial charge in [-0.2, -0.15) is 5.26 Å². The predicted molar refractivity (Wildman–Crippen MR) is 97.8 cm³/mol. The monoisotopic (exact) mass is 388 g/mol. The zero-order valence-electron chi connectivity index (χ0n) is 15.9. The molecular weight excluding hydrogens is 366 g/mol. The van der Waals surface area contributed by atoms with Crippen LogP contribution in [0.25, 0.3) is 0 Å². The Hall–Kier alpha value is -2.59. The molecular formula is C21H22F2N2O3. The second-order valence-corrected chi connectivity index (χ2v) is 7.95. The van der Waals surface area contributed by atoms with Crippen molar-refractivity contribution in [1.82, 2.24) is 4.90 Å². The van der Waals surface area contributed by atoms with Crippen LogP contribution >= 0.6 is 0 Å². The lowest BCUT2D eigenvalue weighted by Gasteiger charge is -2.46. The van der Waals surface area contributed by atoms with Gasteiger partial charge < -0.3 is 9.64 Å². The number of carbonyl (C=O) groups excluding carboxylic acids is 2. The molecule has 1 unspecified atom stereocenters. The van der Waals surface area contributed by atoms with Crippen molar-refractivity contribution in [2.24, 2.45) is 5.41 Å². The molecule has 1 atom stereocenters. The van der Waals surface area contributed by atoms with Crippen LogP contribution < -0.4 is 0 Å². The number of ether oxygens (including phenoxy) is 1. The van der Waals surface area contributed by atoms with E-state index < -0.39 is 23.9 Å². The summed E-state index contributed by atoms with van der Waals surface area (Å²) in [4.78, 5) is 27.0. The molecule has 2 aliphatic rings. The van der Waals surface area contributed by atoms with Gasteiger partial charge in [-0.25, -0.2) is 8.78 Å². The van der Waals surface area contributed by atoms with Crippen molar-refractivity contribution in [3.63, 3.8) is 0 Å². The van der Waals surface area contributed by atoms with E-state index in [1.54, 1.807) is 36.9 Å². The zero-order chi connectivity index (χ0) is 20.5. The smallest absolute Gasteiger partial charge is 0.254 e. The number of halogens is 2. The summed E-state index contributed by atoms with van der Waals surface area (Å²) in [6, 6.07) is 8.29. The SMILES string of the molecule is CC1(C)CC2(C=C(C#N)C1=O)CN(C(=O)c1ccccc1CC(F)F)CCO2. The number of morpholine rings is 1. The number of ketones is 1. The minimum absolute atomic E-state index is 0.0312. The number of Topliss-reactive ketones (excluding diaryl/α,β-unsaturated/α-hetero) is 1. The van der Waals surface area contributed by atoms with E-state index in [1.807, 2.05) is 6.07 Å². The minimum Gasteiger partial charge on any atom is -0.367 e. The number of nitriles is 1. The molecule has 1 aromatic carbocycles. The van der Waals surface area contributed by atoms with E-state index >= 15 is 0 Å². The molecule has 148 valence electrons. The van der Waals surface area contributed by atoms with E-state index in [0.29, 0.717) is 18.5 Å². The van der Waals surface area contributed by atoms with Crippen LogP contribution in [0, 0.1) is 16.7 Å². The van der Waals surface area contributed by atoms with Crippen LogP contribution in [-0.2, 0) is 16.0 Å². The Kier molecular flexibility index (Phi) is 5.35. The molecule has 1 fully saturated rings. The fourth-order valence-electron chi connectivity index (χ4n) is 4.07. The van der Waals surface area contributed by atoms with Gasteiger partial charge in [0.2, 0.25) is 6.43 Å². The molecule has 5 nitrogen and oxygen atoms in total. The van der Waals surface area contributed by atoms with Gasteiger partial charge in [0.05, 0.1) is 18.7 Å². The first-order chi connectivity index (χ1) is 13.2. The first-order valence-electron chi connectivity index (χ1n) is 9.14. The third kappa shape index (κ3) is 3.83. The summed E-state index contributed by atoms with van der Waals surface area (Å²) in [6.45, 7) is 4.22. The van der Waals surface area contributed by atoms with Gasteiger partial charge in [0.15, 0.2) is 5.78 Å². The maximum atomic E-state index is 13.1. The summed E-state index contributed by atoms with van der Waals surface area (Å²) in [5.74, 6) is -0.588. The highest BCUT2D eigenvalue weighted by atomic mass is 19.3.